The monoisotopic (exact) mass is 279 g/mol. The lowest BCUT2D eigenvalue weighted by Crippen LogP contribution is -2.12. The number of benzene rings is 1. The van der Waals surface area contributed by atoms with Crippen LogP contribution in [0.4, 0.5) is 0 Å². The summed E-state index contributed by atoms with van der Waals surface area (Å²) in [6, 6.07) is 6.30. The number of hydrogen-bond acceptors (Lipinski definition) is 3. The van der Waals surface area contributed by atoms with Gasteiger partial charge in [-0.25, -0.2) is 0 Å². The number of nitrogens with one attached hydrogen (secondary N) is 1. The van der Waals surface area contributed by atoms with Gasteiger partial charge in [0, 0.05) is 18.7 Å². The molecule has 1 atom stereocenters. The van der Waals surface area contributed by atoms with Crippen LogP contribution < -0.4 is 10.1 Å². The summed E-state index contributed by atoms with van der Waals surface area (Å²) in [5.41, 5.74) is 2.40. The topological polar surface area (TPSA) is 30.5 Å². The van der Waals surface area contributed by atoms with Crippen molar-refractivity contribution in [1.82, 2.24) is 5.32 Å². The summed E-state index contributed by atoms with van der Waals surface area (Å²) < 4.78 is 11.2. The molecule has 0 aliphatic rings. The van der Waals surface area contributed by atoms with Crippen molar-refractivity contribution in [2.45, 2.75) is 46.8 Å². The Labute approximate surface area is 123 Å². The van der Waals surface area contributed by atoms with Crippen molar-refractivity contribution in [2.75, 3.05) is 20.3 Å². The smallest absolute Gasteiger partial charge is 0.124 e. The minimum absolute atomic E-state index is 0.621. The van der Waals surface area contributed by atoms with Gasteiger partial charge in [-0.05, 0) is 36.6 Å². The zero-order valence-electron chi connectivity index (χ0n) is 13.4. The molecule has 1 aromatic rings. The molecule has 0 amide bonds. The van der Waals surface area contributed by atoms with Crippen LogP contribution in [0, 0.1) is 5.92 Å². The lowest BCUT2D eigenvalue weighted by molar-refractivity contribution is 0.0879. The molecule has 0 radical (unpaired) electrons. The highest BCUT2D eigenvalue weighted by Crippen LogP contribution is 2.21. The van der Waals surface area contributed by atoms with E-state index >= 15 is 0 Å². The van der Waals surface area contributed by atoms with Gasteiger partial charge in [0.2, 0.25) is 0 Å². The average molecular weight is 279 g/mol. The first-order valence-electron chi connectivity index (χ1n) is 7.65. The molecule has 1 unspecified atom stereocenters. The fourth-order valence-corrected chi connectivity index (χ4v) is 2.27. The van der Waals surface area contributed by atoms with Crippen molar-refractivity contribution in [1.29, 1.82) is 0 Å². The van der Waals surface area contributed by atoms with Crippen molar-refractivity contribution in [2.24, 2.45) is 5.92 Å². The van der Waals surface area contributed by atoms with Crippen molar-refractivity contribution in [3.63, 3.8) is 0 Å². The fourth-order valence-electron chi connectivity index (χ4n) is 2.27. The lowest BCUT2D eigenvalue weighted by atomic mass is 10.1. The van der Waals surface area contributed by atoms with E-state index in [9.17, 15) is 0 Å². The van der Waals surface area contributed by atoms with Crippen LogP contribution in [0.25, 0.3) is 0 Å². The summed E-state index contributed by atoms with van der Waals surface area (Å²) in [4.78, 5) is 0. The standard InChI is InChI=1S/C17H29NO2/c1-5-7-14(3)12-20-13-16-10-15(11-18-6-2)8-9-17(16)19-4/h8-10,14,18H,5-7,11-13H2,1-4H3. The average Bonchev–Trinajstić information content (AvgIpc) is 2.45. The van der Waals surface area contributed by atoms with Gasteiger partial charge >= 0.3 is 0 Å². The highest BCUT2D eigenvalue weighted by atomic mass is 16.5. The molecule has 1 N–H and O–H groups in total. The molecule has 114 valence electrons. The first kappa shape index (κ1) is 17.0. The molecule has 0 fully saturated rings. The Hall–Kier alpha value is -1.06. The first-order valence-corrected chi connectivity index (χ1v) is 7.65. The number of rotatable bonds is 10. The van der Waals surface area contributed by atoms with E-state index in [1.807, 2.05) is 6.07 Å². The van der Waals surface area contributed by atoms with E-state index in [4.69, 9.17) is 9.47 Å². The first-order chi connectivity index (χ1) is 9.71. The summed E-state index contributed by atoms with van der Waals surface area (Å²) in [7, 11) is 1.71. The highest BCUT2D eigenvalue weighted by molar-refractivity contribution is 5.36. The predicted molar refractivity (Wildman–Crippen MR) is 84.1 cm³/mol. The van der Waals surface area contributed by atoms with Gasteiger partial charge in [-0.3, -0.25) is 0 Å². The second-order valence-electron chi connectivity index (χ2n) is 5.34. The fraction of sp³-hybridized carbons (Fsp3) is 0.647. The Kier molecular flexibility index (Phi) is 8.31. The minimum Gasteiger partial charge on any atom is -0.496 e. The highest BCUT2D eigenvalue weighted by Gasteiger charge is 2.06. The van der Waals surface area contributed by atoms with Crippen LogP contribution in [0.3, 0.4) is 0 Å². The van der Waals surface area contributed by atoms with Gasteiger partial charge in [-0.15, -0.1) is 0 Å². The minimum atomic E-state index is 0.621. The molecular formula is C17H29NO2. The summed E-state index contributed by atoms with van der Waals surface area (Å²) in [5.74, 6) is 1.53. The van der Waals surface area contributed by atoms with Crippen LogP contribution in [0.1, 0.15) is 44.7 Å². The third-order valence-corrected chi connectivity index (χ3v) is 3.37. The molecule has 1 rings (SSSR count). The summed E-state index contributed by atoms with van der Waals surface area (Å²) in [5, 5.41) is 3.34. The van der Waals surface area contributed by atoms with E-state index in [0.29, 0.717) is 12.5 Å². The van der Waals surface area contributed by atoms with E-state index < -0.39 is 0 Å². The number of methoxy groups -OCH3 is 1. The Morgan fingerprint density at radius 3 is 2.70 bits per heavy atom. The van der Waals surface area contributed by atoms with Gasteiger partial charge in [-0.2, -0.15) is 0 Å². The molecule has 0 saturated carbocycles. The van der Waals surface area contributed by atoms with Gasteiger partial charge in [0.25, 0.3) is 0 Å². The van der Waals surface area contributed by atoms with Crippen molar-refractivity contribution in [3.8, 4) is 5.75 Å². The summed E-state index contributed by atoms with van der Waals surface area (Å²) in [6.07, 6.45) is 2.43. The third-order valence-electron chi connectivity index (χ3n) is 3.37. The summed E-state index contributed by atoms with van der Waals surface area (Å²) >= 11 is 0. The van der Waals surface area contributed by atoms with Gasteiger partial charge in [-0.1, -0.05) is 33.3 Å². The van der Waals surface area contributed by atoms with E-state index in [1.54, 1.807) is 7.11 Å². The van der Waals surface area contributed by atoms with Crippen LogP contribution in [-0.2, 0) is 17.9 Å². The van der Waals surface area contributed by atoms with Gasteiger partial charge in [0.1, 0.15) is 5.75 Å². The van der Waals surface area contributed by atoms with Crippen LogP contribution in [0.5, 0.6) is 5.75 Å². The Morgan fingerprint density at radius 2 is 2.05 bits per heavy atom. The second-order valence-corrected chi connectivity index (χ2v) is 5.34. The van der Waals surface area contributed by atoms with E-state index in [2.05, 4.69) is 38.2 Å². The predicted octanol–water partition coefficient (Wildman–Crippen LogP) is 3.76. The zero-order valence-corrected chi connectivity index (χ0v) is 13.4. The maximum atomic E-state index is 5.84. The molecular weight excluding hydrogens is 250 g/mol. The van der Waals surface area contributed by atoms with Crippen LogP contribution >= 0.6 is 0 Å². The Balaban J connectivity index is 2.56. The van der Waals surface area contributed by atoms with Crippen LogP contribution in [0.15, 0.2) is 18.2 Å². The SMILES string of the molecule is CCCC(C)COCc1cc(CNCC)ccc1OC. The molecule has 0 spiro atoms. The Morgan fingerprint density at radius 1 is 1.25 bits per heavy atom. The quantitative estimate of drug-likeness (QED) is 0.707. The van der Waals surface area contributed by atoms with Crippen molar-refractivity contribution >= 4 is 0 Å². The van der Waals surface area contributed by atoms with Crippen molar-refractivity contribution < 1.29 is 9.47 Å². The normalized spacial score (nSPS) is 12.4. The second kappa shape index (κ2) is 9.78. The largest absolute Gasteiger partial charge is 0.496 e. The molecule has 3 nitrogen and oxygen atoms in total. The Bertz CT molecular complexity index is 379. The van der Waals surface area contributed by atoms with Crippen LogP contribution in [0.2, 0.25) is 0 Å². The van der Waals surface area contributed by atoms with Crippen LogP contribution in [-0.4, -0.2) is 20.3 Å². The molecule has 0 bridgehead atoms. The van der Waals surface area contributed by atoms with Crippen molar-refractivity contribution in [3.05, 3.63) is 29.3 Å². The van der Waals surface area contributed by atoms with Gasteiger partial charge in [0.15, 0.2) is 0 Å². The molecule has 0 aliphatic heterocycles. The number of ether oxygens (including phenoxy) is 2. The van der Waals surface area contributed by atoms with Gasteiger partial charge < -0.3 is 14.8 Å². The molecule has 1 aromatic carbocycles. The van der Waals surface area contributed by atoms with E-state index in [-0.39, 0.29) is 0 Å². The summed E-state index contributed by atoms with van der Waals surface area (Å²) in [6.45, 7) is 9.87. The maximum absolute atomic E-state index is 5.84. The third kappa shape index (κ3) is 5.93. The zero-order chi connectivity index (χ0) is 14.8. The number of hydrogen-bond donors (Lipinski definition) is 1. The van der Waals surface area contributed by atoms with Gasteiger partial charge in [0.05, 0.1) is 13.7 Å². The molecule has 3 heteroatoms. The van der Waals surface area contributed by atoms with E-state index in [0.717, 1.165) is 31.0 Å². The maximum Gasteiger partial charge on any atom is 0.124 e. The molecule has 0 aromatic heterocycles. The van der Waals surface area contributed by atoms with E-state index in [1.165, 1.54) is 18.4 Å². The molecule has 0 heterocycles. The lowest BCUT2D eigenvalue weighted by Gasteiger charge is -2.14. The molecule has 0 aliphatic carbocycles. The molecule has 20 heavy (non-hydrogen) atoms. The molecule has 0 saturated heterocycles.